The number of rotatable bonds is 4. The van der Waals surface area contributed by atoms with E-state index in [2.05, 4.69) is 21.2 Å². The van der Waals surface area contributed by atoms with E-state index in [0.717, 1.165) is 15.8 Å². The van der Waals surface area contributed by atoms with Gasteiger partial charge in [-0.3, -0.25) is 4.79 Å². The molecule has 2 rings (SSSR count). The minimum Gasteiger partial charge on any atom is -0.488 e. The van der Waals surface area contributed by atoms with Crippen molar-refractivity contribution in [2.75, 3.05) is 13.2 Å². The van der Waals surface area contributed by atoms with Crippen LogP contribution in [-0.2, 0) is 4.79 Å². The highest BCUT2D eigenvalue weighted by molar-refractivity contribution is 9.10. The zero-order chi connectivity index (χ0) is 13.8. The molecule has 0 fully saturated rings. The lowest BCUT2D eigenvalue weighted by Crippen LogP contribution is -2.39. The topological polar surface area (TPSA) is 58.6 Å². The Morgan fingerprint density at radius 3 is 3.05 bits per heavy atom. The molecule has 1 aliphatic rings. The first-order valence-corrected chi connectivity index (χ1v) is 6.98. The van der Waals surface area contributed by atoms with Gasteiger partial charge in [-0.25, -0.2) is 0 Å². The van der Waals surface area contributed by atoms with E-state index in [0.29, 0.717) is 12.0 Å². The molecule has 1 aliphatic heterocycles. The van der Waals surface area contributed by atoms with Gasteiger partial charge in [0, 0.05) is 10.0 Å². The van der Waals surface area contributed by atoms with Crippen LogP contribution in [0.1, 0.15) is 18.9 Å². The molecular formula is C14H16BrNO3. The number of carbonyl (C=O) groups excluding carboxylic acids is 1. The molecule has 19 heavy (non-hydrogen) atoms. The van der Waals surface area contributed by atoms with Crippen LogP contribution >= 0.6 is 15.9 Å². The van der Waals surface area contributed by atoms with Crippen LogP contribution in [0.15, 0.2) is 28.2 Å². The molecule has 2 N–H and O–H groups in total. The van der Waals surface area contributed by atoms with Gasteiger partial charge in [0.2, 0.25) is 0 Å². The maximum absolute atomic E-state index is 12.0. The molecule has 1 aromatic rings. The van der Waals surface area contributed by atoms with Crippen LogP contribution in [0.2, 0.25) is 0 Å². The highest BCUT2D eigenvalue weighted by atomic mass is 79.9. The summed E-state index contributed by atoms with van der Waals surface area (Å²) in [5.74, 6) is 0.584. The minimum absolute atomic E-state index is 0.0570. The van der Waals surface area contributed by atoms with Gasteiger partial charge in [0.05, 0.1) is 18.2 Å². The number of ether oxygens (including phenoxy) is 1. The third-order valence-electron chi connectivity index (χ3n) is 3.02. The highest BCUT2D eigenvalue weighted by Crippen LogP contribution is 2.29. The van der Waals surface area contributed by atoms with Crippen LogP contribution in [0.5, 0.6) is 5.75 Å². The average Bonchev–Trinajstić information content (AvgIpc) is 2.43. The number of fused-ring (bicyclic) bond motifs is 1. The van der Waals surface area contributed by atoms with E-state index in [1.807, 2.05) is 31.2 Å². The Balaban J connectivity index is 2.16. The summed E-state index contributed by atoms with van der Waals surface area (Å²) in [6.07, 6.45) is 2.52. The number of aliphatic hydroxyl groups excluding tert-OH is 1. The Labute approximate surface area is 120 Å². The van der Waals surface area contributed by atoms with Gasteiger partial charge in [-0.05, 0) is 30.7 Å². The van der Waals surface area contributed by atoms with E-state index < -0.39 is 0 Å². The van der Waals surface area contributed by atoms with E-state index in [1.165, 1.54) is 0 Å². The van der Waals surface area contributed by atoms with Gasteiger partial charge >= 0.3 is 0 Å². The fourth-order valence-corrected chi connectivity index (χ4v) is 2.21. The molecule has 0 bridgehead atoms. The number of hydrogen-bond donors (Lipinski definition) is 2. The van der Waals surface area contributed by atoms with E-state index in [1.54, 1.807) is 0 Å². The molecule has 1 atom stereocenters. The maximum Gasteiger partial charge on any atom is 0.250 e. The second kappa shape index (κ2) is 6.21. The normalized spacial score (nSPS) is 15.0. The number of carbonyl (C=O) groups is 1. The minimum atomic E-state index is -0.211. The summed E-state index contributed by atoms with van der Waals surface area (Å²) in [6, 6.07) is 5.46. The van der Waals surface area contributed by atoms with Crippen molar-refractivity contribution in [3.05, 3.63) is 33.8 Å². The van der Waals surface area contributed by atoms with Crippen LogP contribution in [0.3, 0.4) is 0 Å². The number of hydrogen-bond acceptors (Lipinski definition) is 3. The van der Waals surface area contributed by atoms with Crippen molar-refractivity contribution in [2.24, 2.45) is 0 Å². The second-order valence-corrected chi connectivity index (χ2v) is 5.32. The molecule has 0 spiro atoms. The van der Waals surface area contributed by atoms with Crippen molar-refractivity contribution < 1.29 is 14.6 Å². The molecule has 1 unspecified atom stereocenters. The van der Waals surface area contributed by atoms with Crippen LogP contribution < -0.4 is 10.1 Å². The zero-order valence-electron chi connectivity index (χ0n) is 10.6. The highest BCUT2D eigenvalue weighted by Gasteiger charge is 2.19. The summed E-state index contributed by atoms with van der Waals surface area (Å²) < 4.78 is 6.49. The molecule has 1 aromatic carbocycles. The molecule has 0 aromatic heterocycles. The van der Waals surface area contributed by atoms with Crippen LogP contribution in [0.25, 0.3) is 6.08 Å². The van der Waals surface area contributed by atoms with Crippen molar-refractivity contribution in [1.82, 2.24) is 5.32 Å². The Bertz CT molecular complexity index is 509. The molecular weight excluding hydrogens is 310 g/mol. The van der Waals surface area contributed by atoms with Crippen molar-refractivity contribution in [1.29, 1.82) is 0 Å². The molecule has 4 nitrogen and oxygen atoms in total. The fraction of sp³-hybridized carbons (Fsp3) is 0.357. The lowest BCUT2D eigenvalue weighted by atomic mass is 10.1. The summed E-state index contributed by atoms with van der Waals surface area (Å²) >= 11 is 3.39. The monoisotopic (exact) mass is 325 g/mol. The number of benzene rings is 1. The number of amides is 1. The smallest absolute Gasteiger partial charge is 0.250 e. The Kier molecular flexibility index (Phi) is 4.61. The van der Waals surface area contributed by atoms with Gasteiger partial charge in [-0.2, -0.15) is 0 Å². The fourth-order valence-electron chi connectivity index (χ4n) is 1.83. The first-order valence-electron chi connectivity index (χ1n) is 6.18. The summed E-state index contributed by atoms with van der Waals surface area (Å²) in [4.78, 5) is 12.0. The largest absolute Gasteiger partial charge is 0.488 e. The van der Waals surface area contributed by atoms with E-state index in [9.17, 15) is 4.79 Å². The van der Waals surface area contributed by atoms with Gasteiger partial charge in [-0.15, -0.1) is 0 Å². The summed E-state index contributed by atoms with van der Waals surface area (Å²) in [5.41, 5.74) is 1.44. The van der Waals surface area contributed by atoms with Crippen molar-refractivity contribution >= 4 is 27.9 Å². The Morgan fingerprint density at radius 1 is 1.58 bits per heavy atom. The number of nitrogens with one attached hydrogen (secondary N) is 1. The van der Waals surface area contributed by atoms with Crippen LogP contribution in [0.4, 0.5) is 0 Å². The van der Waals surface area contributed by atoms with Crippen molar-refractivity contribution in [3.8, 4) is 5.75 Å². The first-order chi connectivity index (χ1) is 9.13. The molecule has 0 aliphatic carbocycles. The van der Waals surface area contributed by atoms with Crippen LogP contribution in [0, 0.1) is 0 Å². The SMILES string of the molecule is CCC(CO)NC(=O)C1=Cc2cc(Br)ccc2OC1. The average molecular weight is 326 g/mol. The van der Waals surface area contributed by atoms with Gasteiger partial charge in [0.25, 0.3) is 5.91 Å². The third kappa shape index (κ3) is 3.36. The quantitative estimate of drug-likeness (QED) is 0.891. The molecule has 1 amide bonds. The van der Waals surface area contributed by atoms with Gasteiger partial charge in [0.15, 0.2) is 0 Å². The number of aliphatic hydroxyl groups is 1. The number of halogens is 1. The predicted molar refractivity (Wildman–Crippen MR) is 76.9 cm³/mol. The summed E-state index contributed by atoms with van der Waals surface area (Å²) in [5, 5.41) is 11.9. The molecule has 5 heteroatoms. The van der Waals surface area contributed by atoms with Gasteiger partial charge in [-0.1, -0.05) is 22.9 Å². The third-order valence-corrected chi connectivity index (χ3v) is 3.52. The van der Waals surface area contributed by atoms with E-state index >= 15 is 0 Å². The van der Waals surface area contributed by atoms with Crippen molar-refractivity contribution in [2.45, 2.75) is 19.4 Å². The van der Waals surface area contributed by atoms with Crippen LogP contribution in [-0.4, -0.2) is 30.3 Å². The molecule has 102 valence electrons. The van der Waals surface area contributed by atoms with E-state index in [4.69, 9.17) is 9.84 Å². The first kappa shape index (κ1) is 14.1. The standard InChI is InChI=1S/C14H16BrNO3/c1-2-12(7-17)16-14(18)10-5-9-6-11(15)3-4-13(9)19-8-10/h3-6,12,17H,2,7-8H2,1H3,(H,16,18). The lowest BCUT2D eigenvalue weighted by molar-refractivity contribution is -0.118. The Hall–Kier alpha value is -1.33. The molecule has 0 saturated carbocycles. The lowest BCUT2D eigenvalue weighted by Gasteiger charge is -2.20. The molecule has 0 saturated heterocycles. The van der Waals surface area contributed by atoms with Gasteiger partial charge < -0.3 is 15.2 Å². The zero-order valence-corrected chi connectivity index (χ0v) is 12.2. The summed E-state index contributed by atoms with van der Waals surface area (Å²) in [6.45, 7) is 2.11. The molecule has 1 heterocycles. The van der Waals surface area contributed by atoms with E-state index in [-0.39, 0.29) is 25.2 Å². The Morgan fingerprint density at radius 2 is 2.37 bits per heavy atom. The predicted octanol–water partition coefficient (Wildman–Crippen LogP) is 2.11. The summed E-state index contributed by atoms with van der Waals surface area (Å²) in [7, 11) is 0. The maximum atomic E-state index is 12.0. The van der Waals surface area contributed by atoms with Gasteiger partial charge in [0.1, 0.15) is 12.4 Å². The second-order valence-electron chi connectivity index (χ2n) is 4.40. The van der Waals surface area contributed by atoms with Crippen molar-refractivity contribution in [3.63, 3.8) is 0 Å². The molecule has 0 radical (unpaired) electrons.